The third-order valence-corrected chi connectivity index (χ3v) is 3.48. The normalized spacial score (nSPS) is 20.7. The van der Waals surface area contributed by atoms with Crippen molar-refractivity contribution in [3.63, 3.8) is 0 Å². The van der Waals surface area contributed by atoms with Crippen LogP contribution in [-0.2, 0) is 18.4 Å². The van der Waals surface area contributed by atoms with E-state index in [1.165, 1.54) is 19.4 Å². The Labute approximate surface area is 103 Å². The van der Waals surface area contributed by atoms with Crippen LogP contribution in [0.5, 0.6) is 0 Å². The SMILES string of the molecule is Cc1nnc(COCCC2CCCNC2)n1C. The van der Waals surface area contributed by atoms with Crippen LogP contribution in [0.25, 0.3) is 0 Å². The standard InChI is InChI=1S/C12H22N4O/c1-10-14-15-12(16(10)2)9-17-7-5-11-4-3-6-13-8-11/h11,13H,3-9H2,1-2H3. The molecule has 1 aromatic heterocycles. The summed E-state index contributed by atoms with van der Waals surface area (Å²) in [6, 6.07) is 0. The van der Waals surface area contributed by atoms with E-state index in [9.17, 15) is 0 Å². The number of rotatable bonds is 5. The van der Waals surface area contributed by atoms with E-state index in [0.717, 1.165) is 37.1 Å². The summed E-state index contributed by atoms with van der Waals surface area (Å²) in [6.07, 6.45) is 3.77. The highest BCUT2D eigenvalue weighted by Gasteiger charge is 2.12. The second-order valence-corrected chi connectivity index (χ2v) is 4.78. The van der Waals surface area contributed by atoms with E-state index in [-0.39, 0.29) is 0 Å². The van der Waals surface area contributed by atoms with Crippen LogP contribution in [0.3, 0.4) is 0 Å². The molecule has 96 valence electrons. The lowest BCUT2D eigenvalue weighted by atomic mass is 9.97. The fourth-order valence-corrected chi connectivity index (χ4v) is 2.16. The quantitative estimate of drug-likeness (QED) is 0.778. The number of hydrogen-bond donors (Lipinski definition) is 1. The summed E-state index contributed by atoms with van der Waals surface area (Å²) in [5.41, 5.74) is 0. The average Bonchev–Trinajstić information content (AvgIpc) is 2.67. The van der Waals surface area contributed by atoms with E-state index in [1.54, 1.807) is 0 Å². The predicted molar refractivity (Wildman–Crippen MR) is 65.6 cm³/mol. The second-order valence-electron chi connectivity index (χ2n) is 4.78. The van der Waals surface area contributed by atoms with Crippen LogP contribution in [-0.4, -0.2) is 34.5 Å². The summed E-state index contributed by atoms with van der Waals surface area (Å²) in [5.74, 6) is 2.62. The zero-order chi connectivity index (χ0) is 12.1. The van der Waals surface area contributed by atoms with Crippen molar-refractivity contribution < 1.29 is 4.74 Å². The molecule has 1 saturated heterocycles. The van der Waals surface area contributed by atoms with Crippen molar-refractivity contribution >= 4 is 0 Å². The van der Waals surface area contributed by atoms with Crippen LogP contribution in [0.1, 0.15) is 30.9 Å². The molecular formula is C12H22N4O. The molecular weight excluding hydrogens is 216 g/mol. The maximum Gasteiger partial charge on any atom is 0.158 e. The Balaban J connectivity index is 1.64. The smallest absolute Gasteiger partial charge is 0.158 e. The first kappa shape index (κ1) is 12.5. The van der Waals surface area contributed by atoms with E-state index in [1.807, 2.05) is 18.5 Å². The van der Waals surface area contributed by atoms with Gasteiger partial charge in [-0.1, -0.05) is 0 Å². The second kappa shape index (κ2) is 6.12. The van der Waals surface area contributed by atoms with E-state index >= 15 is 0 Å². The monoisotopic (exact) mass is 238 g/mol. The van der Waals surface area contributed by atoms with E-state index in [2.05, 4.69) is 15.5 Å². The molecule has 2 heterocycles. The van der Waals surface area contributed by atoms with Gasteiger partial charge in [-0.2, -0.15) is 0 Å². The lowest BCUT2D eigenvalue weighted by molar-refractivity contribution is 0.0969. The molecule has 0 saturated carbocycles. The van der Waals surface area contributed by atoms with Gasteiger partial charge in [0.2, 0.25) is 0 Å². The van der Waals surface area contributed by atoms with Crippen molar-refractivity contribution in [3.8, 4) is 0 Å². The number of nitrogens with one attached hydrogen (secondary N) is 1. The summed E-state index contributed by atoms with van der Waals surface area (Å²) in [7, 11) is 1.97. The Bertz CT molecular complexity index is 344. The minimum atomic E-state index is 0.567. The van der Waals surface area contributed by atoms with Crippen LogP contribution in [0, 0.1) is 12.8 Å². The molecule has 1 unspecified atom stereocenters. The molecule has 1 aromatic rings. The molecule has 1 fully saturated rings. The largest absolute Gasteiger partial charge is 0.373 e. The molecule has 1 N–H and O–H groups in total. The van der Waals surface area contributed by atoms with Crippen molar-refractivity contribution in [2.75, 3.05) is 19.7 Å². The summed E-state index contributed by atoms with van der Waals surface area (Å²) in [5, 5.41) is 11.5. The molecule has 2 rings (SSSR count). The summed E-state index contributed by atoms with van der Waals surface area (Å²) in [4.78, 5) is 0. The van der Waals surface area contributed by atoms with Crippen LogP contribution in [0.4, 0.5) is 0 Å². The molecule has 0 bridgehead atoms. The molecule has 5 heteroatoms. The molecule has 0 amide bonds. The summed E-state index contributed by atoms with van der Waals surface area (Å²) >= 11 is 0. The molecule has 17 heavy (non-hydrogen) atoms. The van der Waals surface area contributed by atoms with E-state index in [0.29, 0.717) is 6.61 Å². The number of aryl methyl sites for hydroxylation is 1. The fraction of sp³-hybridized carbons (Fsp3) is 0.833. The van der Waals surface area contributed by atoms with Gasteiger partial charge in [0, 0.05) is 13.7 Å². The Kier molecular flexibility index (Phi) is 4.50. The van der Waals surface area contributed by atoms with Crippen LogP contribution >= 0.6 is 0 Å². The fourth-order valence-electron chi connectivity index (χ4n) is 2.16. The highest BCUT2D eigenvalue weighted by molar-refractivity contribution is 4.90. The lowest BCUT2D eigenvalue weighted by Crippen LogP contribution is -2.30. The minimum Gasteiger partial charge on any atom is -0.373 e. The summed E-state index contributed by atoms with van der Waals surface area (Å²) in [6.45, 7) is 5.65. The molecule has 1 atom stereocenters. The zero-order valence-corrected chi connectivity index (χ0v) is 10.8. The van der Waals surface area contributed by atoms with Crippen LogP contribution in [0.15, 0.2) is 0 Å². The van der Waals surface area contributed by atoms with Crippen LogP contribution in [0.2, 0.25) is 0 Å². The highest BCUT2D eigenvalue weighted by atomic mass is 16.5. The topological polar surface area (TPSA) is 52.0 Å². The van der Waals surface area contributed by atoms with E-state index < -0.39 is 0 Å². The van der Waals surface area contributed by atoms with Gasteiger partial charge < -0.3 is 14.6 Å². The molecule has 0 aliphatic carbocycles. The molecule has 0 spiro atoms. The van der Waals surface area contributed by atoms with Gasteiger partial charge in [0.1, 0.15) is 12.4 Å². The minimum absolute atomic E-state index is 0.567. The van der Waals surface area contributed by atoms with Crippen molar-refractivity contribution in [1.82, 2.24) is 20.1 Å². The lowest BCUT2D eigenvalue weighted by Gasteiger charge is -2.22. The zero-order valence-electron chi connectivity index (χ0n) is 10.8. The van der Waals surface area contributed by atoms with Gasteiger partial charge in [-0.25, -0.2) is 0 Å². The van der Waals surface area contributed by atoms with Gasteiger partial charge in [-0.05, 0) is 45.2 Å². The van der Waals surface area contributed by atoms with Crippen molar-refractivity contribution in [2.24, 2.45) is 13.0 Å². The maximum absolute atomic E-state index is 5.67. The Morgan fingerprint density at radius 3 is 3.00 bits per heavy atom. The maximum atomic E-state index is 5.67. The van der Waals surface area contributed by atoms with Crippen molar-refractivity contribution in [1.29, 1.82) is 0 Å². The van der Waals surface area contributed by atoms with E-state index in [4.69, 9.17) is 4.74 Å². The van der Waals surface area contributed by atoms with Gasteiger partial charge in [-0.3, -0.25) is 0 Å². The molecule has 1 aliphatic rings. The Morgan fingerprint density at radius 2 is 2.35 bits per heavy atom. The first-order valence-corrected chi connectivity index (χ1v) is 6.40. The number of nitrogens with zero attached hydrogens (tertiary/aromatic N) is 3. The third-order valence-electron chi connectivity index (χ3n) is 3.48. The highest BCUT2D eigenvalue weighted by Crippen LogP contribution is 2.14. The first-order chi connectivity index (χ1) is 8.27. The average molecular weight is 238 g/mol. The third kappa shape index (κ3) is 3.51. The number of hydrogen-bond acceptors (Lipinski definition) is 4. The van der Waals surface area contributed by atoms with Gasteiger partial charge in [0.25, 0.3) is 0 Å². The van der Waals surface area contributed by atoms with Gasteiger partial charge >= 0.3 is 0 Å². The summed E-state index contributed by atoms with van der Waals surface area (Å²) < 4.78 is 7.64. The van der Waals surface area contributed by atoms with Gasteiger partial charge in [0.15, 0.2) is 5.82 Å². The molecule has 0 radical (unpaired) electrons. The first-order valence-electron chi connectivity index (χ1n) is 6.40. The van der Waals surface area contributed by atoms with Crippen molar-refractivity contribution in [3.05, 3.63) is 11.6 Å². The van der Waals surface area contributed by atoms with Gasteiger partial charge in [0.05, 0.1) is 0 Å². The molecule has 5 nitrogen and oxygen atoms in total. The molecule has 0 aromatic carbocycles. The van der Waals surface area contributed by atoms with Gasteiger partial charge in [-0.15, -0.1) is 10.2 Å². The predicted octanol–water partition coefficient (Wildman–Crippen LogP) is 1.03. The number of piperidine rings is 1. The Hall–Kier alpha value is -0.940. The Morgan fingerprint density at radius 1 is 1.47 bits per heavy atom. The molecule has 1 aliphatic heterocycles. The number of aromatic nitrogens is 3. The van der Waals surface area contributed by atoms with Crippen LogP contribution < -0.4 is 5.32 Å². The van der Waals surface area contributed by atoms with Crippen molar-refractivity contribution in [2.45, 2.75) is 32.8 Å². The number of ether oxygens (including phenoxy) is 1.